The van der Waals surface area contributed by atoms with Crippen LogP contribution in [0.15, 0.2) is 60.9 Å². The number of hydrogen-bond donors (Lipinski definition) is 1. The Labute approximate surface area is 192 Å². The van der Waals surface area contributed by atoms with Gasteiger partial charge >= 0.3 is 0 Å². The summed E-state index contributed by atoms with van der Waals surface area (Å²) < 4.78 is 14.1. The summed E-state index contributed by atoms with van der Waals surface area (Å²) >= 11 is 0. The van der Waals surface area contributed by atoms with E-state index in [0.29, 0.717) is 29.4 Å². The summed E-state index contributed by atoms with van der Waals surface area (Å²) in [6, 6.07) is 15.5. The van der Waals surface area contributed by atoms with Gasteiger partial charge in [0.1, 0.15) is 17.2 Å². The summed E-state index contributed by atoms with van der Waals surface area (Å²) in [6.45, 7) is 0.522. The van der Waals surface area contributed by atoms with E-state index in [1.54, 1.807) is 36.7 Å². The van der Waals surface area contributed by atoms with Crippen LogP contribution in [-0.4, -0.2) is 46.2 Å². The van der Waals surface area contributed by atoms with E-state index in [-0.39, 0.29) is 5.91 Å². The highest BCUT2D eigenvalue weighted by molar-refractivity contribution is 5.94. The van der Waals surface area contributed by atoms with Crippen LogP contribution in [0.4, 0.5) is 0 Å². The van der Waals surface area contributed by atoms with Crippen LogP contribution in [0.3, 0.4) is 0 Å². The number of hydrogen-bond acceptors (Lipinski definition) is 5. The molecule has 4 rings (SSSR count). The van der Waals surface area contributed by atoms with Crippen molar-refractivity contribution in [1.29, 1.82) is 0 Å². The van der Waals surface area contributed by atoms with Crippen molar-refractivity contribution in [2.75, 3.05) is 20.8 Å². The Kier molecular flexibility index (Phi) is 6.44. The molecule has 1 N–H and O–H groups in total. The first kappa shape index (κ1) is 22.1. The number of nitrogens with zero attached hydrogens (tertiary/aromatic N) is 4. The zero-order valence-electron chi connectivity index (χ0n) is 19.2. The maximum Gasteiger partial charge on any atom is 0.269 e. The first-order valence-electron chi connectivity index (χ1n) is 10.6. The zero-order valence-corrected chi connectivity index (χ0v) is 19.2. The summed E-state index contributed by atoms with van der Waals surface area (Å²) in [5, 5.41) is 11.7. The van der Waals surface area contributed by atoms with Crippen LogP contribution in [0.2, 0.25) is 0 Å². The summed E-state index contributed by atoms with van der Waals surface area (Å²) in [5.74, 6) is 1.18. The van der Waals surface area contributed by atoms with Gasteiger partial charge in [0.2, 0.25) is 0 Å². The Hall–Kier alpha value is -4.07. The highest BCUT2D eigenvalue weighted by Gasteiger charge is 2.17. The van der Waals surface area contributed by atoms with Gasteiger partial charge in [0.05, 0.1) is 26.1 Å². The fourth-order valence-electron chi connectivity index (χ4n) is 3.67. The average Bonchev–Trinajstić information content (AvgIpc) is 3.44. The summed E-state index contributed by atoms with van der Waals surface area (Å²) in [6.07, 6.45) is 4.56. The molecular formula is C25H27N5O3. The van der Waals surface area contributed by atoms with Crippen LogP contribution in [0.1, 0.15) is 16.1 Å². The number of benzene rings is 2. The van der Waals surface area contributed by atoms with Crippen LogP contribution >= 0.6 is 0 Å². The van der Waals surface area contributed by atoms with Gasteiger partial charge in [-0.05, 0) is 41.8 Å². The quantitative estimate of drug-likeness (QED) is 0.449. The smallest absolute Gasteiger partial charge is 0.269 e. The fourth-order valence-corrected chi connectivity index (χ4v) is 3.67. The van der Waals surface area contributed by atoms with E-state index in [0.717, 1.165) is 28.7 Å². The number of methoxy groups -OCH3 is 2. The minimum atomic E-state index is -0.176. The number of amides is 1. The second-order valence-corrected chi connectivity index (χ2v) is 7.71. The van der Waals surface area contributed by atoms with Gasteiger partial charge in [-0.1, -0.05) is 24.3 Å². The lowest BCUT2D eigenvalue weighted by Crippen LogP contribution is -2.27. The highest BCUT2D eigenvalue weighted by Crippen LogP contribution is 2.32. The molecule has 0 fully saturated rings. The maximum atomic E-state index is 12.8. The molecule has 2 heterocycles. The molecule has 170 valence electrons. The van der Waals surface area contributed by atoms with Crippen LogP contribution in [0.25, 0.3) is 22.4 Å². The summed E-state index contributed by atoms with van der Waals surface area (Å²) in [7, 11) is 6.86. The van der Waals surface area contributed by atoms with Crippen molar-refractivity contribution in [3.8, 4) is 33.9 Å². The molecule has 0 saturated carbocycles. The molecule has 2 aromatic heterocycles. The molecule has 0 unspecified atom stereocenters. The Bertz CT molecular complexity index is 1260. The standard InChI is InChI=1S/C25H27N5O3/c1-29-16-19(15-27-29)18-7-5-17(6-8-18)11-12-26-25(31)23-14-22(28-30(23)2)21-13-20(32-3)9-10-24(21)33-4/h5-10,13-16H,11-12H2,1-4H3,(H,26,31). The van der Waals surface area contributed by atoms with E-state index in [1.807, 2.05) is 37.6 Å². The third-order valence-corrected chi connectivity index (χ3v) is 5.49. The van der Waals surface area contributed by atoms with Crippen molar-refractivity contribution in [1.82, 2.24) is 24.9 Å². The number of aromatic nitrogens is 4. The molecule has 0 bridgehead atoms. The van der Waals surface area contributed by atoms with Gasteiger partial charge in [-0.25, -0.2) is 0 Å². The molecule has 33 heavy (non-hydrogen) atoms. The predicted octanol–water partition coefficient (Wildman–Crippen LogP) is 3.48. The van der Waals surface area contributed by atoms with Gasteiger partial charge in [0, 0.05) is 38.0 Å². The highest BCUT2D eigenvalue weighted by atomic mass is 16.5. The minimum Gasteiger partial charge on any atom is -0.497 e. The van der Waals surface area contributed by atoms with Gasteiger partial charge in [-0.15, -0.1) is 0 Å². The third-order valence-electron chi connectivity index (χ3n) is 5.49. The van der Waals surface area contributed by atoms with Gasteiger partial charge in [-0.3, -0.25) is 14.2 Å². The van der Waals surface area contributed by atoms with Crippen molar-refractivity contribution in [2.45, 2.75) is 6.42 Å². The van der Waals surface area contributed by atoms with Crippen molar-refractivity contribution < 1.29 is 14.3 Å². The lowest BCUT2D eigenvalue weighted by molar-refractivity contribution is 0.0944. The topological polar surface area (TPSA) is 83.2 Å². The number of aryl methyl sites for hydroxylation is 2. The molecule has 8 nitrogen and oxygen atoms in total. The Morgan fingerprint density at radius 2 is 1.79 bits per heavy atom. The number of rotatable bonds is 8. The zero-order chi connectivity index (χ0) is 23.4. The third kappa shape index (κ3) is 4.90. The van der Waals surface area contributed by atoms with E-state index in [2.05, 4.69) is 39.8 Å². The lowest BCUT2D eigenvalue weighted by Gasteiger charge is -2.08. The Morgan fingerprint density at radius 1 is 1.00 bits per heavy atom. The summed E-state index contributed by atoms with van der Waals surface area (Å²) in [4.78, 5) is 12.8. The van der Waals surface area contributed by atoms with Gasteiger partial charge < -0.3 is 14.8 Å². The van der Waals surface area contributed by atoms with Crippen LogP contribution < -0.4 is 14.8 Å². The SMILES string of the molecule is COc1ccc(OC)c(-c2cc(C(=O)NCCc3ccc(-c4cnn(C)c4)cc3)n(C)n2)c1. The molecule has 0 radical (unpaired) electrons. The predicted molar refractivity (Wildman–Crippen MR) is 126 cm³/mol. The largest absolute Gasteiger partial charge is 0.497 e. The Balaban J connectivity index is 1.40. The van der Waals surface area contributed by atoms with Crippen molar-refractivity contribution >= 4 is 5.91 Å². The molecular weight excluding hydrogens is 418 g/mol. The molecule has 1 amide bonds. The lowest BCUT2D eigenvalue weighted by atomic mass is 10.1. The van der Waals surface area contributed by atoms with E-state index in [9.17, 15) is 4.79 Å². The molecule has 0 spiro atoms. The second kappa shape index (κ2) is 9.60. The summed E-state index contributed by atoms with van der Waals surface area (Å²) in [5.41, 5.74) is 5.23. The molecule has 0 aliphatic carbocycles. The number of carbonyl (C=O) groups is 1. The van der Waals surface area contributed by atoms with Crippen LogP contribution in [-0.2, 0) is 20.5 Å². The fraction of sp³-hybridized carbons (Fsp3) is 0.240. The molecule has 0 aliphatic heterocycles. The number of nitrogens with one attached hydrogen (secondary N) is 1. The molecule has 0 saturated heterocycles. The van der Waals surface area contributed by atoms with Crippen molar-refractivity contribution in [3.05, 3.63) is 72.2 Å². The first-order chi connectivity index (χ1) is 16.0. The molecule has 4 aromatic rings. The number of ether oxygens (including phenoxy) is 2. The van der Waals surface area contributed by atoms with E-state index < -0.39 is 0 Å². The molecule has 0 aliphatic rings. The van der Waals surface area contributed by atoms with Crippen molar-refractivity contribution in [3.63, 3.8) is 0 Å². The van der Waals surface area contributed by atoms with E-state index >= 15 is 0 Å². The normalized spacial score (nSPS) is 10.8. The van der Waals surface area contributed by atoms with Crippen molar-refractivity contribution in [2.24, 2.45) is 14.1 Å². The Morgan fingerprint density at radius 3 is 2.45 bits per heavy atom. The van der Waals surface area contributed by atoms with Crippen LogP contribution in [0.5, 0.6) is 11.5 Å². The minimum absolute atomic E-state index is 0.176. The van der Waals surface area contributed by atoms with Gasteiger partial charge in [0.15, 0.2) is 0 Å². The van der Waals surface area contributed by atoms with Gasteiger partial charge in [0.25, 0.3) is 5.91 Å². The second-order valence-electron chi connectivity index (χ2n) is 7.71. The first-order valence-corrected chi connectivity index (χ1v) is 10.6. The average molecular weight is 446 g/mol. The monoisotopic (exact) mass is 445 g/mol. The van der Waals surface area contributed by atoms with E-state index in [1.165, 1.54) is 0 Å². The number of carbonyl (C=O) groups excluding carboxylic acids is 1. The molecule has 0 atom stereocenters. The molecule has 2 aromatic carbocycles. The molecule has 8 heteroatoms. The van der Waals surface area contributed by atoms with E-state index in [4.69, 9.17) is 9.47 Å². The van der Waals surface area contributed by atoms with Crippen LogP contribution in [0, 0.1) is 0 Å². The van der Waals surface area contributed by atoms with Gasteiger partial charge in [-0.2, -0.15) is 10.2 Å². The maximum absolute atomic E-state index is 12.8.